The van der Waals surface area contributed by atoms with Gasteiger partial charge < -0.3 is 16.0 Å². The number of hydrogen-bond donors (Lipinski definition) is 3. The molecular weight excluding hydrogens is 448 g/mol. The van der Waals surface area contributed by atoms with E-state index >= 15 is 0 Å². The highest BCUT2D eigenvalue weighted by molar-refractivity contribution is 7.80. The predicted octanol–water partition coefficient (Wildman–Crippen LogP) is 5.32. The number of hydrogen-bond acceptors (Lipinski definition) is 2. The Morgan fingerprint density at radius 3 is 2.44 bits per heavy atom. The summed E-state index contributed by atoms with van der Waals surface area (Å²) in [4.78, 5) is 12.4. The second-order valence-corrected chi connectivity index (χ2v) is 8.78. The lowest BCUT2D eigenvalue weighted by atomic mass is 10.1. The van der Waals surface area contributed by atoms with Crippen molar-refractivity contribution in [1.82, 2.24) is 10.6 Å². The van der Waals surface area contributed by atoms with Gasteiger partial charge in [0.25, 0.3) is 5.91 Å². The summed E-state index contributed by atoms with van der Waals surface area (Å²) in [5, 5.41) is 9.14. The molecule has 2 rings (SSSR count). The highest BCUT2D eigenvalue weighted by Gasteiger charge is 2.35. The van der Waals surface area contributed by atoms with Gasteiger partial charge in [0.2, 0.25) is 3.79 Å². The Bertz CT molecular complexity index is 826. The average Bonchev–Trinajstić information content (AvgIpc) is 2.60. The quantitative estimate of drug-likeness (QED) is 0.318. The number of anilines is 1. The molecule has 0 saturated carbocycles. The van der Waals surface area contributed by atoms with Crippen molar-refractivity contribution in [2.75, 3.05) is 5.32 Å². The maximum atomic E-state index is 12.4. The van der Waals surface area contributed by atoms with Crippen LogP contribution < -0.4 is 16.0 Å². The largest absolute Gasteiger partial charge is 0.339 e. The van der Waals surface area contributed by atoms with Gasteiger partial charge in [-0.2, -0.15) is 0 Å². The number of halogens is 4. The van der Waals surface area contributed by atoms with E-state index in [4.69, 9.17) is 58.6 Å². The molecule has 2 aromatic carbocycles. The second-order valence-electron chi connectivity index (χ2n) is 5.57. The Hall–Kier alpha value is -1.24. The molecule has 0 aliphatic heterocycles. The summed E-state index contributed by atoms with van der Waals surface area (Å²) < 4.78 is -1.84. The van der Waals surface area contributed by atoms with Gasteiger partial charge >= 0.3 is 0 Å². The Morgan fingerprint density at radius 1 is 1.11 bits per heavy atom. The Morgan fingerprint density at radius 2 is 1.81 bits per heavy atom. The summed E-state index contributed by atoms with van der Waals surface area (Å²) in [5.74, 6) is -0.460. The molecule has 0 saturated heterocycles. The van der Waals surface area contributed by atoms with Crippen LogP contribution in [0.1, 0.15) is 22.8 Å². The smallest absolute Gasteiger partial charge is 0.253 e. The Kier molecular flexibility index (Phi) is 8.01. The van der Waals surface area contributed by atoms with Crippen molar-refractivity contribution in [2.24, 2.45) is 0 Å². The van der Waals surface area contributed by atoms with Crippen LogP contribution in [0.15, 0.2) is 48.5 Å². The number of aryl methyl sites for hydroxylation is 1. The molecule has 2 aromatic rings. The van der Waals surface area contributed by atoms with Gasteiger partial charge in [0.1, 0.15) is 6.17 Å². The normalized spacial score (nSPS) is 12.2. The number of para-hydroxylation sites is 1. The molecule has 0 bridgehead atoms. The highest BCUT2D eigenvalue weighted by Crippen LogP contribution is 2.29. The molecule has 9 heteroatoms. The third kappa shape index (κ3) is 6.70. The van der Waals surface area contributed by atoms with Gasteiger partial charge in [-0.1, -0.05) is 77.6 Å². The number of rotatable bonds is 5. The molecule has 0 radical (unpaired) electrons. The summed E-state index contributed by atoms with van der Waals surface area (Å²) in [7, 11) is 0. The predicted molar refractivity (Wildman–Crippen MR) is 118 cm³/mol. The monoisotopic (exact) mass is 463 g/mol. The first-order chi connectivity index (χ1) is 12.7. The first kappa shape index (κ1) is 22.1. The third-order valence-electron chi connectivity index (χ3n) is 3.61. The maximum Gasteiger partial charge on any atom is 0.253 e. The van der Waals surface area contributed by atoms with Crippen LogP contribution in [0.2, 0.25) is 5.02 Å². The number of amides is 1. The van der Waals surface area contributed by atoms with Crippen LogP contribution in [0.4, 0.5) is 5.69 Å². The van der Waals surface area contributed by atoms with Crippen LogP contribution in [-0.4, -0.2) is 21.0 Å². The fourth-order valence-electron chi connectivity index (χ4n) is 2.28. The highest BCUT2D eigenvalue weighted by atomic mass is 35.6. The summed E-state index contributed by atoms with van der Waals surface area (Å²) in [6, 6.07) is 14.1. The van der Waals surface area contributed by atoms with Gasteiger partial charge in [-0.3, -0.25) is 4.79 Å². The molecule has 144 valence electrons. The zero-order valence-corrected chi connectivity index (χ0v) is 18.1. The van der Waals surface area contributed by atoms with E-state index in [-0.39, 0.29) is 5.11 Å². The fourth-order valence-corrected chi connectivity index (χ4v) is 3.03. The van der Waals surface area contributed by atoms with Crippen LogP contribution in [-0.2, 0) is 6.42 Å². The number of nitrogens with one attached hydrogen (secondary N) is 3. The van der Waals surface area contributed by atoms with E-state index in [1.54, 1.807) is 18.2 Å². The molecule has 0 fully saturated rings. The Balaban J connectivity index is 2.10. The SMILES string of the molecule is CCc1ccccc1NC(=S)NC(NC(=O)c1cccc(Cl)c1)C(Cl)(Cl)Cl. The second kappa shape index (κ2) is 9.80. The number of benzene rings is 2. The molecule has 0 heterocycles. The van der Waals surface area contributed by atoms with E-state index < -0.39 is 15.9 Å². The molecule has 0 aliphatic rings. The van der Waals surface area contributed by atoms with E-state index in [0.717, 1.165) is 17.7 Å². The van der Waals surface area contributed by atoms with Crippen molar-refractivity contribution >= 4 is 75.3 Å². The number of alkyl halides is 3. The summed E-state index contributed by atoms with van der Waals surface area (Å²) in [5.41, 5.74) is 2.25. The Labute approximate surface area is 183 Å². The van der Waals surface area contributed by atoms with Gasteiger partial charge in [0, 0.05) is 16.3 Å². The van der Waals surface area contributed by atoms with Gasteiger partial charge in [-0.25, -0.2) is 0 Å². The molecule has 1 unspecified atom stereocenters. The molecule has 1 amide bonds. The van der Waals surface area contributed by atoms with E-state index in [1.165, 1.54) is 6.07 Å². The van der Waals surface area contributed by atoms with Crippen molar-refractivity contribution < 1.29 is 4.79 Å². The summed E-state index contributed by atoms with van der Waals surface area (Å²) in [6.07, 6.45) is -0.242. The van der Waals surface area contributed by atoms with Crippen molar-refractivity contribution in [1.29, 1.82) is 0 Å². The third-order valence-corrected chi connectivity index (χ3v) is 4.72. The number of thiocarbonyl (C=S) groups is 1. The summed E-state index contributed by atoms with van der Waals surface area (Å²) in [6.45, 7) is 2.03. The zero-order valence-electron chi connectivity index (χ0n) is 14.2. The minimum atomic E-state index is -1.84. The van der Waals surface area contributed by atoms with Gasteiger partial charge in [-0.15, -0.1) is 0 Å². The van der Waals surface area contributed by atoms with Crippen LogP contribution >= 0.6 is 58.6 Å². The van der Waals surface area contributed by atoms with Crippen molar-refractivity contribution in [3.8, 4) is 0 Å². The zero-order chi connectivity index (χ0) is 20.0. The minimum absolute atomic E-state index is 0.207. The molecule has 1 atom stereocenters. The van der Waals surface area contributed by atoms with E-state index in [2.05, 4.69) is 16.0 Å². The van der Waals surface area contributed by atoms with Crippen molar-refractivity contribution in [3.63, 3.8) is 0 Å². The molecule has 3 N–H and O–H groups in total. The molecule has 0 aliphatic carbocycles. The fraction of sp³-hybridized carbons (Fsp3) is 0.222. The first-order valence-electron chi connectivity index (χ1n) is 7.99. The standard InChI is InChI=1S/C18H17Cl4N3OS/c1-2-11-6-3-4-9-14(11)23-17(27)25-16(18(20,21)22)24-15(26)12-7-5-8-13(19)10-12/h3-10,16H,2H2,1H3,(H,24,26)(H2,23,25,27). The van der Waals surface area contributed by atoms with Gasteiger partial charge in [0.15, 0.2) is 5.11 Å². The van der Waals surface area contributed by atoms with Crippen molar-refractivity contribution in [2.45, 2.75) is 23.3 Å². The summed E-state index contributed by atoms with van der Waals surface area (Å²) >= 11 is 29.2. The molecular formula is C18H17Cl4N3OS. The van der Waals surface area contributed by atoms with E-state index in [9.17, 15) is 4.79 Å². The van der Waals surface area contributed by atoms with Crippen LogP contribution in [0.25, 0.3) is 0 Å². The number of carbonyl (C=O) groups is 1. The van der Waals surface area contributed by atoms with Gasteiger partial charge in [-0.05, 0) is 48.5 Å². The van der Waals surface area contributed by atoms with Crippen LogP contribution in [0, 0.1) is 0 Å². The van der Waals surface area contributed by atoms with Crippen LogP contribution in [0.3, 0.4) is 0 Å². The lowest BCUT2D eigenvalue weighted by molar-refractivity contribution is 0.0934. The topological polar surface area (TPSA) is 53.2 Å². The van der Waals surface area contributed by atoms with E-state index in [0.29, 0.717) is 10.6 Å². The van der Waals surface area contributed by atoms with E-state index in [1.807, 2.05) is 31.2 Å². The van der Waals surface area contributed by atoms with Gasteiger partial charge in [0.05, 0.1) is 0 Å². The molecule has 4 nitrogen and oxygen atoms in total. The lowest BCUT2D eigenvalue weighted by Crippen LogP contribution is -2.56. The molecule has 27 heavy (non-hydrogen) atoms. The molecule has 0 spiro atoms. The average molecular weight is 465 g/mol. The minimum Gasteiger partial charge on any atom is -0.339 e. The number of carbonyl (C=O) groups excluding carboxylic acids is 1. The van der Waals surface area contributed by atoms with Crippen LogP contribution in [0.5, 0.6) is 0 Å². The molecule has 0 aromatic heterocycles. The first-order valence-corrected chi connectivity index (χ1v) is 9.91. The lowest BCUT2D eigenvalue weighted by Gasteiger charge is -2.28. The van der Waals surface area contributed by atoms with Crippen molar-refractivity contribution in [3.05, 3.63) is 64.7 Å². The maximum absolute atomic E-state index is 12.4.